The lowest BCUT2D eigenvalue weighted by molar-refractivity contribution is -0.119. The largest absolute Gasteiger partial charge is 0.350 e. The first kappa shape index (κ1) is 20.7. The molecule has 2 unspecified atom stereocenters. The van der Waals surface area contributed by atoms with Crippen molar-refractivity contribution < 1.29 is 13.2 Å². The Bertz CT molecular complexity index is 763. The molecule has 1 N–H and O–H groups in total. The van der Waals surface area contributed by atoms with Crippen molar-refractivity contribution in [3.05, 3.63) is 29.8 Å². The number of rotatable bonds is 5. The number of nitrogens with zero attached hydrogens (tertiary/aromatic N) is 1. The van der Waals surface area contributed by atoms with Crippen LogP contribution in [0.1, 0.15) is 39.2 Å². The molecule has 1 amide bonds. The van der Waals surface area contributed by atoms with Crippen LogP contribution in [0.2, 0.25) is 0 Å². The van der Waals surface area contributed by atoms with E-state index in [0.29, 0.717) is 5.75 Å². The summed E-state index contributed by atoms with van der Waals surface area (Å²) >= 11 is 1.49. The molecule has 150 valence electrons. The number of likely N-dealkylation sites (tertiary alicyclic amines) is 1. The molecule has 3 rings (SSSR count). The highest BCUT2D eigenvalue weighted by Crippen LogP contribution is 2.26. The van der Waals surface area contributed by atoms with Gasteiger partial charge in [-0.25, -0.2) is 8.42 Å². The number of hydrogen-bond donors (Lipinski definition) is 1. The van der Waals surface area contributed by atoms with Crippen molar-refractivity contribution in [3.63, 3.8) is 0 Å². The first-order valence-electron chi connectivity index (χ1n) is 9.61. The van der Waals surface area contributed by atoms with Gasteiger partial charge in [-0.2, -0.15) is 0 Å². The predicted molar refractivity (Wildman–Crippen MR) is 111 cm³/mol. The number of nitrogens with one attached hydrogen (secondary N) is 1. The van der Waals surface area contributed by atoms with Gasteiger partial charge in [-0.15, -0.1) is 11.8 Å². The van der Waals surface area contributed by atoms with Crippen LogP contribution in [0.3, 0.4) is 0 Å². The third kappa shape index (κ3) is 5.48. The number of carbonyl (C=O) groups is 1. The Hall–Kier alpha value is -1.05. The van der Waals surface area contributed by atoms with Crippen molar-refractivity contribution >= 4 is 27.5 Å². The summed E-state index contributed by atoms with van der Waals surface area (Å²) in [5, 5.41) is 2.99. The number of sulfone groups is 1. The third-order valence-corrected chi connectivity index (χ3v) is 8.10. The molecule has 1 aromatic rings. The van der Waals surface area contributed by atoms with Gasteiger partial charge in [0.1, 0.15) is 0 Å². The predicted octanol–water partition coefficient (Wildman–Crippen LogP) is 2.45. The van der Waals surface area contributed by atoms with E-state index in [0.717, 1.165) is 30.8 Å². The molecule has 0 radical (unpaired) electrons. The zero-order valence-electron chi connectivity index (χ0n) is 16.4. The maximum absolute atomic E-state index is 12.4. The number of hydrogen-bond acceptors (Lipinski definition) is 5. The van der Waals surface area contributed by atoms with Gasteiger partial charge in [-0.1, -0.05) is 32.9 Å². The summed E-state index contributed by atoms with van der Waals surface area (Å²) in [6, 6.07) is 7.94. The fourth-order valence-electron chi connectivity index (χ4n) is 3.85. The second-order valence-electron chi connectivity index (χ2n) is 8.62. The van der Waals surface area contributed by atoms with E-state index in [1.54, 1.807) is 0 Å². The SMILES string of the molecule is CC(C)(C)c1ccc(SCC(=O)NC2CS(=O)(=O)CC2N2CCCC2)cc1. The Balaban J connectivity index is 1.55. The van der Waals surface area contributed by atoms with Crippen molar-refractivity contribution in [2.45, 2.75) is 56.0 Å². The van der Waals surface area contributed by atoms with Crippen LogP contribution in [0.4, 0.5) is 0 Å². The molecule has 2 fully saturated rings. The van der Waals surface area contributed by atoms with Crippen molar-refractivity contribution in [2.24, 2.45) is 0 Å². The fourth-order valence-corrected chi connectivity index (χ4v) is 6.51. The highest BCUT2D eigenvalue weighted by atomic mass is 32.2. The van der Waals surface area contributed by atoms with Gasteiger partial charge >= 0.3 is 0 Å². The second-order valence-corrected chi connectivity index (χ2v) is 11.8. The minimum Gasteiger partial charge on any atom is -0.350 e. The van der Waals surface area contributed by atoms with E-state index in [4.69, 9.17) is 0 Å². The summed E-state index contributed by atoms with van der Waals surface area (Å²) < 4.78 is 24.2. The van der Waals surface area contributed by atoms with Crippen molar-refractivity contribution in [2.75, 3.05) is 30.3 Å². The van der Waals surface area contributed by atoms with E-state index < -0.39 is 9.84 Å². The van der Waals surface area contributed by atoms with Crippen LogP contribution in [0, 0.1) is 0 Å². The lowest BCUT2D eigenvalue weighted by Crippen LogP contribution is -2.50. The number of carbonyl (C=O) groups excluding carboxylic acids is 1. The standard InChI is InChI=1S/C20H30N2O3S2/c1-20(2,3)15-6-8-16(9-7-15)26-12-19(23)21-17-13-27(24,25)14-18(17)22-10-4-5-11-22/h6-9,17-18H,4-5,10-14H2,1-3H3,(H,21,23). The van der Waals surface area contributed by atoms with Crippen LogP contribution in [-0.2, 0) is 20.0 Å². The molecule has 7 heteroatoms. The summed E-state index contributed by atoms with van der Waals surface area (Å²) in [6.07, 6.45) is 2.22. The highest BCUT2D eigenvalue weighted by Gasteiger charge is 2.42. The monoisotopic (exact) mass is 410 g/mol. The van der Waals surface area contributed by atoms with Crippen LogP contribution in [0.5, 0.6) is 0 Å². The quantitative estimate of drug-likeness (QED) is 0.756. The summed E-state index contributed by atoms with van der Waals surface area (Å²) in [4.78, 5) is 15.7. The molecule has 0 aliphatic carbocycles. The molecule has 2 aliphatic rings. The third-order valence-electron chi connectivity index (χ3n) is 5.37. The van der Waals surface area contributed by atoms with E-state index in [9.17, 15) is 13.2 Å². The summed E-state index contributed by atoms with van der Waals surface area (Å²) in [7, 11) is -3.08. The minimum absolute atomic E-state index is 0.0604. The Morgan fingerprint density at radius 3 is 2.37 bits per heavy atom. The van der Waals surface area contributed by atoms with Gasteiger partial charge in [-0.05, 0) is 49.0 Å². The fraction of sp³-hybridized carbons (Fsp3) is 0.650. The molecule has 2 heterocycles. The molecule has 2 aliphatic heterocycles. The van der Waals surface area contributed by atoms with E-state index in [2.05, 4.69) is 43.1 Å². The molecule has 0 saturated carbocycles. The Morgan fingerprint density at radius 2 is 1.78 bits per heavy atom. The van der Waals surface area contributed by atoms with Gasteiger partial charge in [0.25, 0.3) is 0 Å². The van der Waals surface area contributed by atoms with E-state index in [-0.39, 0.29) is 34.9 Å². The van der Waals surface area contributed by atoms with Crippen LogP contribution >= 0.6 is 11.8 Å². The van der Waals surface area contributed by atoms with Crippen LogP contribution in [-0.4, -0.2) is 61.7 Å². The number of amides is 1. The lowest BCUT2D eigenvalue weighted by Gasteiger charge is -2.28. The van der Waals surface area contributed by atoms with E-state index >= 15 is 0 Å². The van der Waals surface area contributed by atoms with Gasteiger partial charge in [0.15, 0.2) is 9.84 Å². The molecular formula is C20H30N2O3S2. The molecule has 2 saturated heterocycles. The Morgan fingerprint density at radius 1 is 1.15 bits per heavy atom. The summed E-state index contributed by atoms with van der Waals surface area (Å²) in [5.41, 5.74) is 1.37. The van der Waals surface area contributed by atoms with Gasteiger partial charge in [0.05, 0.1) is 23.3 Å². The Labute approximate surface area is 167 Å². The lowest BCUT2D eigenvalue weighted by atomic mass is 9.87. The smallest absolute Gasteiger partial charge is 0.230 e. The Kier molecular flexibility index (Phi) is 6.23. The second kappa shape index (κ2) is 8.13. The first-order chi connectivity index (χ1) is 12.6. The normalized spacial score (nSPS) is 25.6. The van der Waals surface area contributed by atoms with E-state index in [1.807, 2.05) is 12.1 Å². The molecule has 0 bridgehead atoms. The zero-order chi connectivity index (χ0) is 19.7. The van der Waals surface area contributed by atoms with Gasteiger partial charge in [0, 0.05) is 10.9 Å². The topological polar surface area (TPSA) is 66.5 Å². The molecule has 5 nitrogen and oxygen atoms in total. The van der Waals surface area contributed by atoms with E-state index in [1.165, 1.54) is 17.3 Å². The molecular weight excluding hydrogens is 380 g/mol. The minimum atomic E-state index is -3.08. The van der Waals surface area contributed by atoms with Crippen molar-refractivity contribution in [1.29, 1.82) is 0 Å². The van der Waals surface area contributed by atoms with Crippen LogP contribution in [0.25, 0.3) is 0 Å². The van der Waals surface area contributed by atoms with Gasteiger partial charge in [-0.3, -0.25) is 9.69 Å². The average Bonchev–Trinajstić information content (AvgIpc) is 3.20. The van der Waals surface area contributed by atoms with Crippen molar-refractivity contribution in [1.82, 2.24) is 10.2 Å². The van der Waals surface area contributed by atoms with Crippen LogP contribution < -0.4 is 5.32 Å². The molecule has 0 aromatic heterocycles. The highest BCUT2D eigenvalue weighted by molar-refractivity contribution is 8.00. The molecule has 2 atom stereocenters. The van der Waals surface area contributed by atoms with Crippen LogP contribution in [0.15, 0.2) is 29.2 Å². The van der Waals surface area contributed by atoms with Crippen molar-refractivity contribution in [3.8, 4) is 0 Å². The van der Waals surface area contributed by atoms with Gasteiger partial charge < -0.3 is 5.32 Å². The first-order valence-corrected chi connectivity index (χ1v) is 12.4. The average molecular weight is 411 g/mol. The molecule has 27 heavy (non-hydrogen) atoms. The summed E-state index contributed by atoms with van der Waals surface area (Å²) in [5.74, 6) is 0.439. The maximum atomic E-state index is 12.4. The molecule has 0 spiro atoms. The van der Waals surface area contributed by atoms with Gasteiger partial charge in [0.2, 0.25) is 5.91 Å². The molecule has 1 aromatic carbocycles. The number of thioether (sulfide) groups is 1. The summed E-state index contributed by atoms with van der Waals surface area (Å²) in [6.45, 7) is 8.39. The number of benzene rings is 1. The zero-order valence-corrected chi connectivity index (χ0v) is 18.0. The maximum Gasteiger partial charge on any atom is 0.230 e.